The monoisotopic (exact) mass is 449 g/mol. The van der Waals surface area contributed by atoms with Crippen molar-refractivity contribution >= 4 is 45.4 Å². The van der Waals surface area contributed by atoms with Crippen LogP contribution in [0.2, 0.25) is 10.0 Å². The Hall–Kier alpha value is -0.970. The van der Waals surface area contributed by atoms with Gasteiger partial charge in [0.25, 0.3) is 0 Å². The SMILES string of the molecule is CC(C)n1cnn(CN2CCN(S(=O)(=O)c3c(Cl)cccc3Cl)CC2)c1=S. The highest BCUT2D eigenvalue weighted by Gasteiger charge is 2.32. The van der Waals surface area contributed by atoms with E-state index in [1.165, 1.54) is 16.4 Å². The Balaban J connectivity index is 1.69. The van der Waals surface area contributed by atoms with E-state index in [1.54, 1.807) is 17.1 Å². The van der Waals surface area contributed by atoms with Gasteiger partial charge in [-0.2, -0.15) is 9.40 Å². The number of hydrogen-bond acceptors (Lipinski definition) is 5. The van der Waals surface area contributed by atoms with Gasteiger partial charge in [-0.15, -0.1) is 0 Å². The topological polar surface area (TPSA) is 63.4 Å². The van der Waals surface area contributed by atoms with Gasteiger partial charge in [0.15, 0.2) is 4.77 Å². The summed E-state index contributed by atoms with van der Waals surface area (Å²) >= 11 is 17.6. The van der Waals surface area contributed by atoms with Gasteiger partial charge in [0, 0.05) is 32.2 Å². The van der Waals surface area contributed by atoms with Crippen molar-refractivity contribution in [2.24, 2.45) is 0 Å². The van der Waals surface area contributed by atoms with Gasteiger partial charge >= 0.3 is 0 Å². The van der Waals surface area contributed by atoms with Crippen LogP contribution in [0.1, 0.15) is 19.9 Å². The summed E-state index contributed by atoms with van der Waals surface area (Å²) in [4.78, 5) is 2.09. The summed E-state index contributed by atoms with van der Waals surface area (Å²) in [5.41, 5.74) is 0. The average Bonchev–Trinajstić information content (AvgIpc) is 2.96. The fourth-order valence-corrected chi connectivity index (χ4v) is 5.84. The van der Waals surface area contributed by atoms with Gasteiger partial charge in [0.1, 0.15) is 11.2 Å². The van der Waals surface area contributed by atoms with E-state index in [-0.39, 0.29) is 21.0 Å². The zero-order valence-corrected chi connectivity index (χ0v) is 18.2. The molecule has 0 radical (unpaired) electrons. The van der Waals surface area contributed by atoms with Gasteiger partial charge in [0.2, 0.25) is 10.0 Å². The molecule has 11 heteroatoms. The minimum atomic E-state index is -3.74. The molecule has 2 heterocycles. The fourth-order valence-electron chi connectivity index (χ4n) is 2.96. The maximum atomic E-state index is 12.9. The maximum Gasteiger partial charge on any atom is 0.246 e. The molecule has 148 valence electrons. The number of rotatable bonds is 5. The molecule has 0 atom stereocenters. The van der Waals surface area contributed by atoms with E-state index in [9.17, 15) is 8.42 Å². The number of halogens is 2. The second-order valence-corrected chi connectivity index (χ2v) is 9.68. The summed E-state index contributed by atoms with van der Waals surface area (Å²) < 4.78 is 31.6. The lowest BCUT2D eigenvalue weighted by atomic mass is 10.4. The van der Waals surface area contributed by atoms with Crippen molar-refractivity contribution in [2.45, 2.75) is 31.5 Å². The van der Waals surface area contributed by atoms with Gasteiger partial charge in [-0.25, -0.2) is 13.1 Å². The number of benzene rings is 1. The van der Waals surface area contributed by atoms with Crippen LogP contribution in [0.15, 0.2) is 29.4 Å². The summed E-state index contributed by atoms with van der Waals surface area (Å²) in [6.07, 6.45) is 1.73. The number of aromatic nitrogens is 3. The van der Waals surface area contributed by atoms with E-state index in [4.69, 9.17) is 35.4 Å². The zero-order valence-electron chi connectivity index (χ0n) is 15.0. The van der Waals surface area contributed by atoms with Gasteiger partial charge < -0.3 is 4.57 Å². The molecule has 7 nitrogen and oxygen atoms in total. The average molecular weight is 450 g/mol. The van der Waals surface area contributed by atoms with E-state index in [0.29, 0.717) is 37.6 Å². The number of hydrogen-bond donors (Lipinski definition) is 0. The van der Waals surface area contributed by atoms with E-state index < -0.39 is 10.0 Å². The van der Waals surface area contributed by atoms with Crippen LogP contribution in [0.5, 0.6) is 0 Å². The minimum absolute atomic E-state index is 0.0281. The van der Waals surface area contributed by atoms with Crippen molar-refractivity contribution in [1.82, 2.24) is 23.6 Å². The number of sulfonamides is 1. The third-order valence-electron chi connectivity index (χ3n) is 4.50. The lowest BCUT2D eigenvalue weighted by Gasteiger charge is -2.34. The van der Waals surface area contributed by atoms with Crippen molar-refractivity contribution in [3.63, 3.8) is 0 Å². The minimum Gasteiger partial charge on any atom is -0.304 e. The van der Waals surface area contributed by atoms with Crippen LogP contribution >= 0.6 is 35.4 Å². The molecule has 0 unspecified atom stereocenters. The molecular weight excluding hydrogens is 429 g/mol. The van der Waals surface area contributed by atoms with E-state index in [1.807, 2.05) is 18.4 Å². The molecule has 1 aromatic heterocycles. The molecule has 1 aromatic carbocycles. The van der Waals surface area contributed by atoms with Crippen LogP contribution in [0.4, 0.5) is 0 Å². The third-order valence-corrected chi connectivity index (χ3v) is 7.77. The van der Waals surface area contributed by atoms with Gasteiger partial charge in [-0.1, -0.05) is 29.3 Å². The summed E-state index contributed by atoms with van der Waals surface area (Å²) in [5, 5.41) is 4.61. The molecule has 0 N–H and O–H groups in total. The molecule has 0 spiro atoms. The molecule has 1 aliphatic heterocycles. The van der Waals surface area contributed by atoms with Crippen LogP contribution in [-0.2, 0) is 16.7 Å². The Morgan fingerprint density at radius 2 is 1.74 bits per heavy atom. The highest BCUT2D eigenvalue weighted by molar-refractivity contribution is 7.89. The Morgan fingerprint density at radius 1 is 1.15 bits per heavy atom. The maximum absolute atomic E-state index is 12.9. The predicted octanol–water partition coefficient (Wildman–Crippen LogP) is 3.27. The molecule has 0 saturated carbocycles. The highest BCUT2D eigenvalue weighted by Crippen LogP contribution is 2.31. The smallest absolute Gasteiger partial charge is 0.246 e. The summed E-state index contributed by atoms with van der Waals surface area (Å²) in [6.45, 7) is 6.45. The molecule has 1 fully saturated rings. The fraction of sp³-hybridized carbons (Fsp3) is 0.500. The quantitative estimate of drug-likeness (QED) is 0.655. The number of piperazine rings is 1. The molecule has 1 saturated heterocycles. The van der Waals surface area contributed by atoms with Crippen molar-refractivity contribution in [1.29, 1.82) is 0 Å². The van der Waals surface area contributed by atoms with Gasteiger partial charge in [0.05, 0.1) is 16.7 Å². The second kappa shape index (κ2) is 8.18. The van der Waals surface area contributed by atoms with E-state index in [0.717, 1.165) is 0 Å². The lowest BCUT2D eigenvalue weighted by molar-refractivity contribution is 0.144. The first-order valence-corrected chi connectivity index (χ1v) is 11.1. The van der Waals surface area contributed by atoms with Gasteiger partial charge in [-0.05, 0) is 38.2 Å². The third kappa shape index (κ3) is 4.23. The van der Waals surface area contributed by atoms with Crippen LogP contribution < -0.4 is 0 Å². The first-order chi connectivity index (χ1) is 12.7. The molecule has 0 bridgehead atoms. The first-order valence-electron chi connectivity index (χ1n) is 8.52. The van der Waals surface area contributed by atoms with Crippen LogP contribution in [0.3, 0.4) is 0 Å². The molecule has 27 heavy (non-hydrogen) atoms. The normalized spacial score (nSPS) is 16.9. The molecule has 0 amide bonds. The summed E-state index contributed by atoms with van der Waals surface area (Å²) in [6, 6.07) is 4.93. The Bertz CT molecular complexity index is 959. The van der Waals surface area contributed by atoms with Crippen LogP contribution in [0.25, 0.3) is 0 Å². The van der Waals surface area contributed by atoms with E-state index in [2.05, 4.69) is 10.00 Å². The predicted molar refractivity (Wildman–Crippen MR) is 108 cm³/mol. The second-order valence-electron chi connectivity index (χ2n) is 6.63. The van der Waals surface area contributed by atoms with Crippen molar-refractivity contribution in [2.75, 3.05) is 26.2 Å². The first kappa shape index (κ1) is 20.8. The lowest BCUT2D eigenvalue weighted by Crippen LogP contribution is -2.49. The molecule has 1 aliphatic rings. The molecule has 0 aliphatic carbocycles. The summed E-state index contributed by atoms with van der Waals surface area (Å²) in [7, 11) is -3.74. The van der Waals surface area contributed by atoms with Crippen LogP contribution in [0, 0.1) is 4.77 Å². The van der Waals surface area contributed by atoms with E-state index >= 15 is 0 Å². The largest absolute Gasteiger partial charge is 0.304 e. The Labute approximate surface area is 174 Å². The Morgan fingerprint density at radius 3 is 2.26 bits per heavy atom. The summed E-state index contributed by atoms with van der Waals surface area (Å²) in [5.74, 6) is 0. The van der Waals surface area contributed by atoms with Crippen LogP contribution in [-0.4, -0.2) is 58.1 Å². The van der Waals surface area contributed by atoms with Gasteiger partial charge in [-0.3, -0.25) is 4.90 Å². The molecule has 3 rings (SSSR count). The molecular formula is C16H21Cl2N5O2S2. The molecule has 2 aromatic rings. The number of nitrogens with zero attached hydrogens (tertiary/aromatic N) is 5. The van der Waals surface area contributed by atoms with Crippen molar-refractivity contribution in [3.8, 4) is 0 Å². The Kier molecular flexibility index (Phi) is 6.29. The van der Waals surface area contributed by atoms with Crippen molar-refractivity contribution in [3.05, 3.63) is 39.3 Å². The zero-order chi connectivity index (χ0) is 19.8. The standard InChI is InChI=1S/C16H21Cl2N5O2S2/c1-12(2)22-10-19-23(16(22)26)11-20-6-8-21(9-7-20)27(24,25)15-13(17)4-3-5-14(15)18/h3-5,10,12H,6-9,11H2,1-2H3. The highest BCUT2D eigenvalue weighted by atomic mass is 35.5. The van der Waals surface area contributed by atoms with Crippen molar-refractivity contribution < 1.29 is 8.42 Å².